The highest BCUT2D eigenvalue weighted by molar-refractivity contribution is 5.76. The van der Waals surface area contributed by atoms with Crippen LogP contribution in [0.25, 0.3) is 0 Å². The summed E-state index contributed by atoms with van der Waals surface area (Å²) in [7, 11) is 3.64. The number of carbonyl (C=O) groups is 1. The molecule has 0 aliphatic carbocycles. The molecule has 2 aliphatic heterocycles. The topological polar surface area (TPSA) is 41.6 Å². The number of nitrogens with zero attached hydrogens (tertiary/aromatic N) is 1. The third kappa shape index (κ3) is 3.19. The normalized spacial score (nSPS) is 31.5. The average Bonchev–Trinajstić information content (AvgIpc) is 2.67. The molecule has 0 aromatic heterocycles. The SMILES string of the molecule is COCCCC(=O)N(C)C1CC2CCC(C1)N2. The Hall–Kier alpha value is -0.610. The predicted molar refractivity (Wildman–Crippen MR) is 66.8 cm³/mol. The molecule has 2 rings (SSSR count). The largest absolute Gasteiger partial charge is 0.385 e. The molecule has 2 heterocycles. The van der Waals surface area contributed by atoms with Gasteiger partial charge in [0.15, 0.2) is 0 Å². The Bertz CT molecular complexity index is 258. The first kappa shape index (κ1) is 12.8. The van der Waals surface area contributed by atoms with E-state index in [0.717, 1.165) is 19.3 Å². The van der Waals surface area contributed by atoms with Crippen LogP contribution in [0.2, 0.25) is 0 Å². The van der Waals surface area contributed by atoms with Crippen LogP contribution in [0.1, 0.15) is 38.5 Å². The molecule has 0 aromatic rings. The van der Waals surface area contributed by atoms with E-state index in [1.54, 1.807) is 7.11 Å². The minimum absolute atomic E-state index is 0.272. The van der Waals surface area contributed by atoms with Gasteiger partial charge >= 0.3 is 0 Å². The second-order valence-corrected chi connectivity index (χ2v) is 5.36. The summed E-state index contributed by atoms with van der Waals surface area (Å²) in [6.45, 7) is 0.678. The summed E-state index contributed by atoms with van der Waals surface area (Å²) in [5.41, 5.74) is 0. The number of ether oxygens (including phenoxy) is 1. The van der Waals surface area contributed by atoms with Crippen LogP contribution >= 0.6 is 0 Å². The summed E-state index contributed by atoms with van der Waals surface area (Å²) in [6, 6.07) is 1.74. The highest BCUT2D eigenvalue weighted by atomic mass is 16.5. The molecular weight excluding hydrogens is 216 g/mol. The number of carbonyl (C=O) groups excluding carboxylic acids is 1. The Labute approximate surface area is 104 Å². The zero-order valence-electron chi connectivity index (χ0n) is 10.9. The second kappa shape index (κ2) is 5.83. The highest BCUT2D eigenvalue weighted by Crippen LogP contribution is 2.29. The summed E-state index contributed by atoms with van der Waals surface area (Å²) < 4.78 is 4.98. The maximum Gasteiger partial charge on any atom is 0.222 e. The van der Waals surface area contributed by atoms with Crippen LogP contribution in [0.15, 0.2) is 0 Å². The maximum absolute atomic E-state index is 12.0. The summed E-state index contributed by atoms with van der Waals surface area (Å²) >= 11 is 0. The molecule has 0 saturated carbocycles. The molecule has 1 N–H and O–H groups in total. The number of fused-ring (bicyclic) bond motifs is 2. The van der Waals surface area contributed by atoms with Gasteiger partial charge in [-0.15, -0.1) is 0 Å². The Morgan fingerprint density at radius 2 is 2.00 bits per heavy atom. The van der Waals surface area contributed by atoms with Gasteiger partial charge in [0.25, 0.3) is 0 Å². The number of methoxy groups -OCH3 is 1. The molecule has 4 heteroatoms. The van der Waals surface area contributed by atoms with E-state index in [9.17, 15) is 4.79 Å². The fourth-order valence-corrected chi connectivity index (χ4v) is 3.09. The third-order valence-corrected chi connectivity index (χ3v) is 4.13. The smallest absolute Gasteiger partial charge is 0.222 e. The fourth-order valence-electron chi connectivity index (χ4n) is 3.09. The summed E-state index contributed by atoms with van der Waals surface area (Å²) in [5, 5.41) is 3.61. The van der Waals surface area contributed by atoms with Gasteiger partial charge in [0.2, 0.25) is 5.91 Å². The predicted octanol–water partition coefficient (Wildman–Crippen LogP) is 1.15. The van der Waals surface area contributed by atoms with E-state index in [1.807, 2.05) is 11.9 Å². The standard InChI is InChI=1S/C13H24N2O2/c1-15(13(16)4-3-7-17-2)12-8-10-5-6-11(9-12)14-10/h10-12,14H,3-9H2,1-2H3. The van der Waals surface area contributed by atoms with Crippen molar-refractivity contribution < 1.29 is 9.53 Å². The molecule has 4 nitrogen and oxygen atoms in total. The van der Waals surface area contributed by atoms with E-state index in [-0.39, 0.29) is 5.91 Å². The lowest BCUT2D eigenvalue weighted by molar-refractivity contribution is -0.133. The molecule has 0 spiro atoms. The second-order valence-electron chi connectivity index (χ2n) is 5.36. The van der Waals surface area contributed by atoms with Gasteiger partial charge in [0.1, 0.15) is 0 Å². The van der Waals surface area contributed by atoms with Crippen LogP contribution in [-0.4, -0.2) is 49.7 Å². The summed E-state index contributed by atoms with van der Waals surface area (Å²) in [6.07, 6.45) is 6.27. The minimum Gasteiger partial charge on any atom is -0.385 e. The first-order valence-electron chi connectivity index (χ1n) is 6.71. The molecule has 17 heavy (non-hydrogen) atoms. The highest BCUT2D eigenvalue weighted by Gasteiger charge is 2.36. The van der Waals surface area contributed by atoms with E-state index >= 15 is 0 Å². The number of nitrogens with one attached hydrogen (secondary N) is 1. The van der Waals surface area contributed by atoms with Crippen LogP contribution in [0, 0.1) is 0 Å². The minimum atomic E-state index is 0.272. The van der Waals surface area contributed by atoms with E-state index in [0.29, 0.717) is 31.2 Å². The molecule has 2 aliphatic rings. The fraction of sp³-hybridized carbons (Fsp3) is 0.923. The van der Waals surface area contributed by atoms with Gasteiger partial charge in [-0.2, -0.15) is 0 Å². The van der Waals surface area contributed by atoms with Gasteiger partial charge in [-0.1, -0.05) is 0 Å². The lowest BCUT2D eigenvalue weighted by Gasteiger charge is -2.35. The van der Waals surface area contributed by atoms with Gasteiger partial charge in [0.05, 0.1) is 0 Å². The number of rotatable bonds is 5. The van der Waals surface area contributed by atoms with Crippen molar-refractivity contribution in [3.63, 3.8) is 0 Å². The van der Waals surface area contributed by atoms with Crippen LogP contribution in [0.4, 0.5) is 0 Å². The first-order chi connectivity index (χ1) is 8.20. The van der Waals surface area contributed by atoms with Crippen molar-refractivity contribution in [1.29, 1.82) is 0 Å². The molecule has 2 unspecified atom stereocenters. The Balaban J connectivity index is 1.78. The quantitative estimate of drug-likeness (QED) is 0.733. The van der Waals surface area contributed by atoms with Gasteiger partial charge in [-0.05, 0) is 32.1 Å². The van der Waals surface area contributed by atoms with Crippen LogP contribution in [-0.2, 0) is 9.53 Å². The van der Waals surface area contributed by atoms with Gasteiger partial charge < -0.3 is 15.0 Å². The van der Waals surface area contributed by atoms with Crippen molar-refractivity contribution >= 4 is 5.91 Å². The van der Waals surface area contributed by atoms with Crippen molar-refractivity contribution in [1.82, 2.24) is 10.2 Å². The zero-order chi connectivity index (χ0) is 12.3. The van der Waals surface area contributed by atoms with E-state index in [1.165, 1.54) is 12.8 Å². The van der Waals surface area contributed by atoms with E-state index < -0.39 is 0 Å². The first-order valence-corrected chi connectivity index (χ1v) is 6.71. The van der Waals surface area contributed by atoms with Crippen molar-refractivity contribution in [2.45, 2.75) is 56.7 Å². The molecule has 2 fully saturated rings. The van der Waals surface area contributed by atoms with Crippen molar-refractivity contribution in [2.24, 2.45) is 0 Å². The molecule has 2 bridgehead atoms. The Kier molecular flexibility index (Phi) is 4.40. The van der Waals surface area contributed by atoms with Gasteiger partial charge in [0, 0.05) is 45.3 Å². The van der Waals surface area contributed by atoms with E-state index in [4.69, 9.17) is 4.74 Å². The summed E-state index contributed by atoms with van der Waals surface area (Å²) in [4.78, 5) is 14.0. The summed E-state index contributed by atoms with van der Waals surface area (Å²) in [5.74, 6) is 0.272. The third-order valence-electron chi connectivity index (χ3n) is 4.13. The molecule has 98 valence electrons. The van der Waals surface area contributed by atoms with Crippen LogP contribution in [0.3, 0.4) is 0 Å². The Morgan fingerprint density at radius 3 is 2.59 bits per heavy atom. The maximum atomic E-state index is 12.0. The number of hydrogen-bond acceptors (Lipinski definition) is 3. The number of amides is 1. The monoisotopic (exact) mass is 240 g/mol. The number of hydrogen-bond donors (Lipinski definition) is 1. The van der Waals surface area contributed by atoms with Gasteiger partial charge in [-0.3, -0.25) is 4.79 Å². The molecule has 0 aromatic carbocycles. The lowest BCUT2D eigenvalue weighted by Crippen LogP contribution is -2.48. The average molecular weight is 240 g/mol. The van der Waals surface area contributed by atoms with E-state index in [2.05, 4.69) is 5.32 Å². The molecule has 2 saturated heterocycles. The van der Waals surface area contributed by atoms with Crippen LogP contribution in [0.5, 0.6) is 0 Å². The van der Waals surface area contributed by atoms with Crippen molar-refractivity contribution in [3.05, 3.63) is 0 Å². The zero-order valence-corrected chi connectivity index (χ0v) is 10.9. The van der Waals surface area contributed by atoms with Crippen LogP contribution < -0.4 is 5.32 Å². The number of piperidine rings is 1. The van der Waals surface area contributed by atoms with Crippen molar-refractivity contribution in [2.75, 3.05) is 20.8 Å². The molecule has 2 atom stereocenters. The van der Waals surface area contributed by atoms with Gasteiger partial charge in [-0.25, -0.2) is 0 Å². The Morgan fingerprint density at radius 1 is 1.35 bits per heavy atom. The molecular formula is C13H24N2O2. The van der Waals surface area contributed by atoms with Crippen molar-refractivity contribution in [3.8, 4) is 0 Å². The molecule has 1 amide bonds. The lowest BCUT2D eigenvalue weighted by atomic mass is 9.98. The molecule has 0 radical (unpaired) electrons.